The highest BCUT2D eigenvalue weighted by molar-refractivity contribution is 6.04. The Bertz CT molecular complexity index is 1360. The molecule has 0 bridgehead atoms. The number of aromatic nitrogens is 2. The van der Waals surface area contributed by atoms with Crippen LogP contribution in [0.1, 0.15) is 16.1 Å². The quantitative estimate of drug-likeness (QED) is 0.489. The number of carbonyl (C=O) groups is 2. The average Bonchev–Trinajstić information content (AvgIpc) is 2.78. The molecule has 0 unspecified atom stereocenters. The van der Waals surface area contributed by atoms with Crippen molar-refractivity contribution in [2.45, 2.75) is 13.5 Å². The summed E-state index contributed by atoms with van der Waals surface area (Å²) in [5.41, 5.74) is 6.51. The normalized spacial score (nSPS) is 10.7. The first-order valence-electron chi connectivity index (χ1n) is 9.85. The second kappa shape index (κ2) is 8.73. The molecule has 0 fully saturated rings. The van der Waals surface area contributed by atoms with Crippen molar-refractivity contribution in [3.8, 4) is 11.5 Å². The van der Waals surface area contributed by atoms with Gasteiger partial charge in [-0.05, 0) is 49.4 Å². The Hall–Kier alpha value is -4.46. The zero-order valence-corrected chi connectivity index (χ0v) is 17.2. The molecule has 8 nitrogen and oxygen atoms in total. The Morgan fingerprint density at radius 2 is 1.53 bits per heavy atom. The van der Waals surface area contributed by atoms with E-state index in [0.29, 0.717) is 22.6 Å². The van der Waals surface area contributed by atoms with Crippen molar-refractivity contribution in [2.24, 2.45) is 5.73 Å². The number of carbonyl (C=O) groups excluding carboxylic acids is 2. The molecule has 160 valence electrons. The fourth-order valence-electron chi connectivity index (χ4n) is 3.21. The van der Waals surface area contributed by atoms with Crippen LogP contribution in [0.2, 0.25) is 0 Å². The highest BCUT2D eigenvalue weighted by atomic mass is 16.5. The predicted molar refractivity (Wildman–Crippen MR) is 121 cm³/mol. The third-order valence-electron chi connectivity index (χ3n) is 4.79. The molecule has 3 aromatic carbocycles. The van der Waals surface area contributed by atoms with Crippen molar-refractivity contribution in [1.82, 2.24) is 9.78 Å². The summed E-state index contributed by atoms with van der Waals surface area (Å²) in [6.07, 6.45) is 0. The highest BCUT2D eigenvalue weighted by Crippen LogP contribution is 2.23. The van der Waals surface area contributed by atoms with E-state index >= 15 is 0 Å². The largest absolute Gasteiger partial charge is 0.457 e. The van der Waals surface area contributed by atoms with Gasteiger partial charge >= 0.3 is 0 Å². The summed E-state index contributed by atoms with van der Waals surface area (Å²) in [6, 6.07) is 21.0. The van der Waals surface area contributed by atoms with Crippen LogP contribution in [-0.4, -0.2) is 21.6 Å². The lowest BCUT2D eigenvalue weighted by Gasteiger charge is -2.10. The first-order chi connectivity index (χ1) is 15.4. The van der Waals surface area contributed by atoms with E-state index in [0.717, 1.165) is 10.2 Å². The van der Waals surface area contributed by atoms with E-state index < -0.39 is 17.4 Å². The Balaban J connectivity index is 1.48. The summed E-state index contributed by atoms with van der Waals surface area (Å²) in [5.74, 6) is 0.0711. The molecular formula is C24H20N4O4. The molecule has 0 radical (unpaired) electrons. The Kier molecular flexibility index (Phi) is 5.67. The summed E-state index contributed by atoms with van der Waals surface area (Å²) in [5, 5.41) is 7.32. The molecule has 1 aromatic heterocycles. The predicted octanol–water partition coefficient (Wildman–Crippen LogP) is 3.23. The van der Waals surface area contributed by atoms with Crippen molar-refractivity contribution in [1.29, 1.82) is 0 Å². The second-order valence-corrected chi connectivity index (χ2v) is 7.21. The average molecular weight is 428 g/mol. The number of benzene rings is 3. The van der Waals surface area contributed by atoms with Crippen LogP contribution in [0.25, 0.3) is 10.8 Å². The maximum Gasteiger partial charge on any atom is 0.275 e. The Morgan fingerprint density at radius 1 is 0.938 bits per heavy atom. The lowest BCUT2D eigenvalue weighted by Crippen LogP contribution is -2.32. The molecule has 0 aliphatic carbocycles. The first kappa shape index (κ1) is 20.8. The minimum absolute atomic E-state index is 0.0643. The van der Waals surface area contributed by atoms with Gasteiger partial charge in [-0.1, -0.05) is 35.9 Å². The van der Waals surface area contributed by atoms with Crippen LogP contribution < -0.4 is 21.3 Å². The van der Waals surface area contributed by atoms with Crippen LogP contribution in [0.5, 0.6) is 11.5 Å². The van der Waals surface area contributed by atoms with Gasteiger partial charge in [-0.25, -0.2) is 4.68 Å². The molecule has 0 spiro atoms. The zero-order chi connectivity index (χ0) is 22.7. The van der Waals surface area contributed by atoms with Gasteiger partial charge in [0.05, 0.1) is 5.39 Å². The number of nitrogens with one attached hydrogen (secondary N) is 1. The molecule has 4 aromatic rings. The lowest BCUT2D eigenvalue weighted by molar-refractivity contribution is -0.117. The Morgan fingerprint density at radius 3 is 2.16 bits per heavy atom. The number of nitrogens with zero attached hydrogens (tertiary/aromatic N) is 2. The van der Waals surface area contributed by atoms with Gasteiger partial charge in [0, 0.05) is 11.1 Å². The summed E-state index contributed by atoms with van der Waals surface area (Å²) < 4.78 is 6.71. The van der Waals surface area contributed by atoms with E-state index in [-0.39, 0.29) is 17.6 Å². The first-order valence-corrected chi connectivity index (χ1v) is 9.85. The number of rotatable bonds is 6. The number of fused-ring (bicyclic) bond motifs is 1. The number of hydrogen-bond donors (Lipinski definition) is 2. The number of amides is 2. The van der Waals surface area contributed by atoms with E-state index in [2.05, 4.69) is 10.4 Å². The van der Waals surface area contributed by atoms with Gasteiger partial charge in [0.1, 0.15) is 18.0 Å². The third kappa shape index (κ3) is 4.49. The van der Waals surface area contributed by atoms with Gasteiger partial charge in [0.2, 0.25) is 5.91 Å². The highest BCUT2D eigenvalue weighted by Gasteiger charge is 2.16. The van der Waals surface area contributed by atoms with Gasteiger partial charge in [0.25, 0.3) is 11.5 Å². The van der Waals surface area contributed by atoms with Crippen molar-refractivity contribution < 1.29 is 14.3 Å². The van der Waals surface area contributed by atoms with Gasteiger partial charge < -0.3 is 15.8 Å². The van der Waals surface area contributed by atoms with Crippen LogP contribution in [0, 0.1) is 6.92 Å². The molecule has 32 heavy (non-hydrogen) atoms. The molecular weight excluding hydrogens is 408 g/mol. The monoisotopic (exact) mass is 428 g/mol. The number of aryl methyl sites for hydroxylation is 1. The molecule has 3 N–H and O–H groups in total. The van der Waals surface area contributed by atoms with Crippen LogP contribution in [0.15, 0.2) is 77.6 Å². The molecule has 0 aliphatic rings. The van der Waals surface area contributed by atoms with Crippen molar-refractivity contribution in [3.63, 3.8) is 0 Å². The van der Waals surface area contributed by atoms with Crippen LogP contribution >= 0.6 is 0 Å². The topological polar surface area (TPSA) is 116 Å². The van der Waals surface area contributed by atoms with Crippen LogP contribution in [-0.2, 0) is 11.3 Å². The second-order valence-electron chi connectivity index (χ2n) is 7.21. The molecule has 2 amide bonds. The molecule has 0 saturated heterocycles. The van der Waals surface area contributed by atoms with E-state index in [4.69, 9.17) is 10.5 Å². The summed E-state index contributed by atoms with van der Waals surface area (Å²) in [4.78, 5) is 36.9. The number of hydrogen-bond acceptors (Lipinski definition) is 5. The van der Waals surface area contributed by atoms with Crippen molar-refractivity contribution >= 4 is 28.3 Å². The molecule has 0 atom stereocenters. The maximum absolute atomic E-state index is 12.7. The van der Waals surface area contributed by atoms with E-state index in [1.165, 1.54) is 0 Å². The minimum Gasteiger partial charge on any atom is -0.457 e. The van der Waals surface area contributed by atoms with E-state index in [1.807, 2.05) is 31.2 Å². The number of ether oxygens (including phenoxy) is 1. The summed E-state index contributed by atoms with van der Waals surface area (Å²) in [7, 11) is 0. The number of primary amides is 1. The maximum atomic E-state index is 12.7. The SMILES string of the molecule is Cc1ccc(Oc2ccc(NC(=O)Cn3nc(C(N)=O)c4ccccc4c3=O)cc2)cc1. The van der Waals surface area contributed by atoms with Crippen LogP contribution in [0.4, 0.5) is 5.69 Å². The smallest absolute Gasteiger partial charge is 0.275 e. The number of nitrogens with two attached hydrogens (primary N) is 1. The van der Waals surface area contributed by atoms with Crippen molar-refractivity contribution in [3.05, 3.63) is 94.4 Å². The zero-order valence-electron chi connectivity index (χ0n) is 17.2. The van der Waals surface area contributed by atoms with Gasteiger partial charge in [-0.2, -0.15) is 5.10 Å². The lowest BCUT2D eigenvalue weighted by atomic mass is 10.1. The van der Waals surface area contributed by atoms with Crippen LogP contribution in [0.3, 0.4) is 0 Å². The fourth-order valence-corrected chi connectivity index (χ4v) is 3.21. The summed E-state index contributed by atoms with van der Waals surface area (Å²) in [6.45, 7) is 1.63. The van der Waals surface area contributed by atoms with E-state index in [9.17, 15) is 14.4 Å². The fraction of sp³-hybridized carbons (Fsp3) is 0.0833. The number of anilines is 1. The summed E-state index contributed by atoms with van der Waals surface area (Å²) >= 11 is 0. The third-order valence-corrected chi connectivity index (χ3v) is 4.79. The molecule has 0 saturated carbocycles. The van der Waals surface area contributed by atoms with E-state index in [1.54, 1.807) is 48.5 Å². The molecule has 8 heteroatoms. The minimum atomic E-state index is -0.778. The standard InChI is InChI=1S/C24H20N4O4/c1-15-6-10-17(11-7-15)32-18-12-8-16(9-13-18)26-21(29)14-28-24(31)20-5-3-2-4-19(20)22(27-28)23(25)30/h2-13H,14H2,1H3,(H2,25,30)(H,26,29). The Labute approximate surface area is 183 Å². The molecule has 4 rings (SSSR count). The molecule has 0 aliphatic heterocycles. The van der Waals surface area contributed by atoms with Gasteiger partial charge in [-0.15, -0.1) is 0 Å². The van der Waals surface area contributed by atoms with Gasteiger partial charge in [-0.3, -0.25) is 14.4 Å². The molecule has 1 heterocycles. The van der Waals surface area contributed by atoms with Crippen molar-refractivity contribution in [2.75, 3.05) is 5.32 Å². The van der Waals surface area contributed by atoms with Gasteiger partial charge in [0.15, 0.2) is 5.69 Å².